The summed E-state index contributed by atoms with van der Waals surface area (Å²) in [6.07, 6.45) is 1.39. The number of pyridine rings is 1. The zero-order valence-corrected chi connectivity index (χ0v) is 11.4. The number of hydrogen-bond donors (Lipinski definition) is 2. The highest BCUT2D eigenvalue weighted by molar-refractivity contribution is 5.98. The van der Waals surface area contributed by atoms with Crippen LogP contribution in [-0.2, 0) is 6.54 Å². The Kier molecular flexibility index (Phi) is 4.13. The van der Waals surface area contributed by atoms with E-state index in [2.05, 4.69) is 10.3 Å². The fourth-order valence-electron chi connectivity index (χ4n) is 1.88. The van der Waals surface area contributed by atoms with Crippen molar-refractivity contribution < 1.29 is 9.72 Å². The molecular formula is C14H14N4O3. The first-order valence-electron chi connectivity index (χ1n) is 6.21. The van der Waals surface area contributed by atoms with E-state index in [9.17, 15) is 14.9 Å². The Morgan fingerprint density at radius 2 is 2.14 bits per heavy atom. The Morgan fingerprint density at radius 3 is 2.81 bits per heavy atom. The average Bonchev–Trinajstić information content (AvgIpc) is 2.45. The predicted molar refractivity (Wildman–Crippen MR) is 77.7 cm³/mol. The first-order valence-corrected chi connectivity index (χ1v) is 6.21. The zero-order chi connectivity index (χ0) is 15.4. The van der Waals surface area contributed by atoms with Gasteiger partial charge in [0.2, 0.25) is 0 Å². The first-order chi connectivity index (χ1) is 9.99. The molecule has 21 heavy (non-hydrogen) atoms. The van der Waals surface area contributed by atoms with Gasteiger partial charge in [-0.3, -0.25) is 19.9 Å². The number of nitrogens with two attached hydrogens (primary N) is 1. The van der Waals surface area contributed by atoms with E-state index in [1.165, 1.54) is 12.3 Å². The van der Waals surface area contributed by atoms with Crippen LogP contribution in [0.4, 0.5) is 11.4 Å². The Morgan fingerprint density at radius 1 is 1.43 bits per heavy atom. The number of nitrogen functional groups attached to an aromatic ring is 1. The van der Waals surface area contributed by atoms with Crippen LogP contribution in [0.2, 0.25) is 0 Å². The molecule has 2 aromatic rings. The van der Waals surface area contributed by atoms with Crippen LogP contribution in [0.5, 0.6) is 0 Å². The minimum atomic E-state index is -0.483. The van der Waals surface area contributed by atoms with Crippen LogP contribution in [0.25, 0.3) is 0 Å². The third kappa shape index (κ3) is 3.33. The molecule has 7 nitrogen and oxygen atoms in total. The number of hydrogen-bond acceptors (Lipinski definition) is 5. The maximum Gasteiger partial charge on any atom is 0.274 e. The molecule has 1 aromatic heterocycles. The topological polar surface area (TPSA) is 111 Å². The van der Waals surface area contributed by atoms with Crippen molar-refractivity contribution in [1.82, 2.24) is 10.3 Å². The number of nitrogens with one attached hydrogen (secondary N) is 1. The molecule has 0 radical (unpaired) electrons. The molecule has 108 valence electrons. The summed E-state index contributed by atoms with van der Waals surface area (Å²) in [5, 5.41) is 13.5. The van der Waals surface area contributed by atoms with Crippen molar-refractivity contribution in [3.05, 3.63) is 63.5 Å². The summed E-state index contributed by atoms with van der Waals surface area (Å²) in [4.78, 5) is 26.5. The van der Waals surface area contributed by atoms with Crippen molar-refractivity contribution in [2.24, 2.45) is 0 Å². The predicted octanol–water partition coefficient (Wildman–Crippen LogP) is 1.81. The number of benzene rings is 1. The molecule has 0 atom stereocenters. The normalized spacial score (nSPS) is 10.1. The summed E-state index contributed by atoms with van der Waals surface area (Å²) in [6, 6.07) is 7.83. The van der Waals surface area contributed by atoms with Crippen molar-refractivity contribution in [2.45, 2.75) is 13.5 Å². The minimum Gasteiger partial charge on any atom is -0.398 e. The number of nitro groups is 1. The monoisotopic (exact) mass is 286 g/mol. The molecule has 0 unspecified atom stereocenters. The van der Waals surface area contributed by atoms with E-state index in [0.717, 1.165) is 0 Å². The zero-order valence-electron chi connectivity index (χ0n) is 11.4. The Labute approximate surface area is 121 Å². The fourth-order valence-corrected chi connectivity index (χ4v) is 1.88. The third-order valence-corrected chi connectivity index (χ3v) is 2.95. The summed E-state index contributed by atoms with van der Waals surface area (Å²) >= 11 is 0. The quantitative estimate of drug-likeness (QED) is 0.657. The molecule has 0 fully saturated rings. The van der Waals surface area contributed by atoms with Crippen LogP contribution in [0.15, 0.2) is 36.5 Å². The lowest BCUT2D eigenvalue weighted by molar-refractivity contribution is -0.385. The molecule has 1 heterocycles. The number of aromatic nitrogens is 1. The highest BCUT2D eigenvalue weighted by Crippen LogP contribution is 2.18. The van der Waals surface area contributed by atoms with Gasteiger partial charge in [0.15, 0.2) is 0 Å². The summed E-state index contributed by atoms with van der Waals surface area (Å²) in [6.45, 7) is 1.81. The number of carbonyl (C=O) groups is 1. The number of para-hydroxylation sites is 1. The number of nitrogens with zero attached hydrogens (tertiary/aromatic N) is 2. The van der Waals surface area contributed by atoms with Crippen molar-refractivity contribution in [2.75, 3.05) is 5.73 Å². The van der Waals surface area contributed by atoms with Crippen LogP contribution >= 0.6 is 0 Å². The standard InChI is InChI=1S/C14H14N4O3/c1-9-6-12(15)11(8-16-9)14(19)17-7-10-4-2-3-5-13(10)18(20)21/h2-6,8H,7H2,1H3,(H2,15,16)(H,17,19). The van der Waals surface area contributed by atoms with Crippen molar-refractivity contribution in [3.63, 3.8) is 0 Å². The van der Waals surface area contributed by atoms with Crippen molar-refractivity contribution >= 4 is 17.3 Å². The maximum absolute atomic E-state index is 12.0. The number of amides is 1. The lowest BCUT2D eigenvalue weighted by Crippen LogP contribution is -2.24. The molecule has 0 bridgehead atoms. The number of anilines is 1. The van der Waals surface area contributed by atoms with Crippen LogP contribution in [-0.4, -0.2) is 15.8 Å². The van der Waals surface area contributed by atoms with Gasteiger partial charge in [-0.05, 0) is 13.0 Å². The van der Waals surface area contributed by atoms with E-state index in [4.69, 9.17) is 5.73 Å². The number of aryl methyl sites for hydroxylation is 1. The molecule has 7 heteroatoms. The van der Waals surface area contributed by atoms with E-state index in [1.54, 1.807) is 31.2 Å². The van der Waals surface area contributed by atoms with Gasteiger partial charge < -0.3 is 11.1 Å². The summed E-state index contributed by atoms with van der Waals surface area (Å²) in [7, 11) is 0. The first kappa shape index (κ1) is 14.4. The van der Waals surface area contributed by atoms with Gasteiger partial charge in [0, 0.05) is 35.8 Å². The van der Waals surface area contributed by atoms with Crippen LogP contribution in [0.3, 0.4) is 0 Å². The van der Waals surface area contributed by atoms with Gasteiger partial charge in [-0.15, -0.1) is 0 Å². The molecule has 1 amide bonds. The molecule has 2 rings (SSSR count). The highest BCUT2D eigenvalue weighted by atomic mass is 16.6. The Hall–Kier alpha value is -2.96. The van der Waals surface area contributed by atoms with Crippen molar-refractivity contribution in [3.8, 4) is 0 Å². The van der Waals surface area contributed by atoms with E-state index >= 15 is 0 Å². The van der Waals surface area contributed by atoms with E-state index < -0.39 is 10.8 Å². The van der Waals surface area contributed by atoms with Gasteiger partial charge in [0.05, 0.1) is 10.5 Å². The summed E-state index contributed by atoms with van der Waals surface area (Å²) < 4.78 is 0. The molecule has 0 spiro atoms. The lowest BCUT2D eigenvalue weighted by atomic mass is 10.1. The van der Waals surface area contributed by atoms with Crippen LogP contribution in [0.1, 0.15) is 21.6 Å². The average molecular weight is 286 g/mol. The Balaban J connectivity index is 2.13. The third-order valence-electron chi connectivity index (χ3n) is 2.95. The molecule has 0 aliphatic heterocycles. The molecule has 1 aromatic carbocycles. The summed E-state index contributed by atoms with van der Waals surface area (Å²) in [5.41, 5.74) is 7.43. The smallest absolute Gasteiger partial charge is 0.274 e. The highest BCUT2D eigenvalue weighted by Gasteiger charge is 2.15. The number of rotatable bonds is 4. The summed E-state index contributed by atoms with van der Waals surface area (Å²) in [5.74, 6) is -0.418. The second-order valence-electron chi connectivity index (χ2n) is 4.48. The maximum atomic E-state index is 12.0. The van der Waals surface area contributed by atoms with Gasteiger partial charge in [-0.1, -0.05) is 18.2 Å². The van der Waals surface area contributed by atoms with E-state index in [-0.39, 0.29) is 17.8 Å². The van der Waals surface area contributed by atoms with Gasteiger partial charge in [-0.2, -0.15) is 0 Å². The van der Waals surface area contributed by atoms with E-state index in [1.807, 2.05) is 0 Å². The van der Waals surface area contributed by atoms with Gasteiger partial charge in [-0.25, -0.2) is 0 Å². The van der Waals surface area contributed by atoms with E-state index in [0.29, 0.717) is 16.9 Å². The number of carbonyl (C=O) groups excluding carboxylic acids is 1. The molecule has 0 saturated carbocycles. The van der Waals surface area contributed by atoms with Crippen LogP contribution < -0.4 is 11.1 Å². The lowest BCUT2D eigenvalue weighted by Gasteiger charge is -2.08. The van der Waals surface area contributed by atoms with Gasteiger partial charge in [0.1, 0.15) is 0 Å². The number of nitro benzene ring substituents is 1. The largest absolute Gasteiger partial charge is 0.398 e. The van der Waals surface area contributed by atoms with Gasteiger partial charge >= 0.3 is 0 Å². The second kappa shape index (κ2) is 6.00. The SMILES string of the molecule is Cc1cc(N)c(C(=O)NCc2ccccc2[N+](=O)[O-])cn1. The molecule has 0 aliphatic carbocycles. The molecule has 0 saturated heterocycles. The fraction of sp³-hybridized carbons (Fsp3) is 0.143. The van der Waals surface area contributed by atoms with Gasteiger partial charge in [0.25, 0.3) is 11.6 Å². The molecule has 3 N–H and O–H groups in total. The minimum absolute atomic E-state index is 0.0344. The molecular weight excluding hydrogens is 272 g/mol. The van der Waals surface area contributed by atoms with Crippen molar-refractivity contribution in [1.29, 1.82) is 0 Å². The Bertz CT molecular complexity index is 700. The van der Waals surface area contributed by atoms with Crippen LogP contribution in [0, 0.1) is 17.0 Å². The second-order valence-corrected chi connectivity index (χ2v) is 4.48. The molecule has 0 aliphatic rings.